The summed E-state index contributed by atoms with van der Waals surface area (Å²) in [6.45, 7) is 0. The molecule has 3 rings (SSSR count). The minimum Gasteiger partial charge on any atom is -0.331 e. The van der Waals surface area contributed by atoms with E-state index in [0.29, 0.717) is 0 Å². The summed E-state index contributed by atoms with van der Waals surface area (Å²) in [5.74, 6) is 0. The standard InChI is InChI=1S/C14H10N3S/c1-2-4-11(5-3-1)13-10-18-14(17-13)16-12-6-8-15-9-7-12/h2-10H,(H,15,16,17). The quantitative estimate of drug-likeness (QED) is 0.771. The fraction of sp³-hybridized carbons (Fsp3) is 0. The Labute approximate surface area is 109 Å². The van der Waals surface area contributed by atoms with Gasteiger partial charge in [0.15, 0.2) is 5.13 Å². The van der Waals surface area contributed by atoms with Gasteiger partial charge in [0.05, 0.1) is 5.69 Å². The van der Waals surface area contributed by atoms with E-state index in [1.807, 2.05) is 41.8 Å². The molecule has 3 aromatic rings. The molecule has 1 radical (unpaired) electrons. The summed E-state index contributed by atoms with van der Waals surface area (Å²) in [5, 5.41) is 6.17. The molecular weight excluding hydrogens is 242 g/mol. The average molecular weight is 252 g/mol. The van der Waals surface area contributed by atoms with E-state index in [2.05, 4.69) is 21.4 Å². The Kier molecular flexibility index (Phi) is 3.02. The van der Waals surface area contributed by atoms with Crippen molar-refractivity contribution in [3.63, 3.8) is 0 Å². The molecule has 0 amide bonds. The van der Waals surface area contributed by atoms with Gasteiger partial charge in [-0.05, 0) is 18.2 Å². The third-order valence-electron chi connectivity index (χ3n) is 2.45. The van der Waals surface area contributed by atoms with Crippen LogP contribution in [0.25, 0.3) is 11.3 Å². The van der Waals surface area contributed by atoms with Gasteiger partial charge in [0.2, 0.25) is 0 Å². The van der Waals surface area contributed by atoms with Gasteiger partial charge in [-0.3, -0.25) is 4.98 Å². The van der Waals surface area contributed by atoms with Crippen molar-refractivity contribution in [3.05, 3.63) is 60.2 Å². The lowest BCUT2D eigenvalue weighted by molar-refractivity contribution is 1.31. The minimum absolute atomic E-state index is 0.879. The van der Waals surface area contributed by atoms with E-state index in [9.17, 15) is 0 Å². The van der Waals surface area contributed by atoms with E-state index >= 15 is 0 Å². The third kappa shape index (κ3) is 2.38. The monoisotopic (exact) mass is 252 g/mol. The summed E-state index contributed by atoms with van der Waals surface area (Å²) < 4.78 is 0. The number of anilines is 2. The molecule has 1 N–H and O–H groups in total. The highest BCUT2D eigenvalue weighted by Crippen LogP contribution is 2.26. The van der Waals surface area contributed by atoms with Crippen molar-refractivity contribution in [2.24, 2.45) is 0 Å². The maximum atomic E-state index is 4.55. The van der Waals surface area contributed by atoms with Gasteiger partial charge < -0.3 is 5.32 Å². The molecule has 0 bridgehead atoms. The molecule has 18 heavy (non-hydrogen) atoms. The summed E-state index contributed by atoms with van der Waals surface area (Å²) in [6.07, 6.45) is 3.51. The summed E-state index contributed by atoms with van der Waals surface area (Å²) in [6, 6.07) is 14.6. The Morgan fingerprint density at radius 2 is 1.83 bits per heavy atom. The first kappa shape index (κ1) is 10.9. The van der Waals surface area contributed by atoms with Crippen molar-refractivity contribution in [2.45, 2.75) is 0 Å². The van der Waals surface area contributed by atoms with Crippen LogP contribution < -0.4 is 5.32 Å². The van der Waals surface area contributed by atoms with Crippen LogP contribution in [0.15, 0.2) is 54.2 Å². The Balaban J connectivity index is 1.82. The lowest BCUT2D eigenvalue weighted by atomic mass is 10.2. The minimum atomic E-state index is 0.879. The Morgan fingerprint density at radius 3 is 2.61 bits per heavy atom. The van der Waals surface area contributed by atoms with Crippen molar-refractivity contribution < 1.29 is 0 Å². The van der Waals surface area contributed by atoms with Crippen LogP contribution in [0, 0.1) is 6.07 Å². The van der Waals surface area contributed by atoms with Crippen LogP contribution in [0.3, 0.4) is 0 Å². The SMILES string of the molecule is [c]1ccc(-c2csc(Nc3ccncc3)n2)cc1. The van der Waals surface area contributed by atoms with E-state index in [0.717, 1.165) is 22.1 Å². The molecule has 4 heteroatoms. The molecule has 0 unspecified atom stereocenters. The predicted octanol–water partition coefficient (Wildman–Crippen LogP) is 3.75. The molecule has 0 aliphatic rings. The largest absolute Gasteiger partial charge is 0.331 e. The number of benzene rings is 1. The van der Waals surface area contributed by atoms with Crippen molar-refractivity contribution in [3.8, 4) is 11.3 Å². The summed E-state index contributed by atoms with van der Waals surface area (Å²) in [4.78, 5) is 8.53. The van der Waals surface area contributed by atoms with Crippen LogP contribution in [0.5, 0.6) is 0 Å². The molecule has 0 aliphatic carbocycles. The number of hydrogen-bond acceptors (Lipinski definition) is 4. The number of thiazole rings is 1. The zero-order chi connectivity index (χ0) is 12.2. The first-order valence-electron chi connectivity index (χ1n) is 5.51. The Morgan fingerprint density at radius 1 is 1.06 bits per heavy atom. The van der Waals surface area contributed by atoms with Gasteiger partial charge >= 0.3 is 0 Å². The highest BCUT2D eigenvalue weighted by molar-refractivity contribution is 7.14. The molecule has 1 aromatic carbocycles. The number of rotatable bonds is 3. The molecule has 0 saturated heterocycles. The van der Waals surface area contributed by atoms with Crippen LogP contribution in [-0.2, 0) is 0 Å². The summed E-state index contributed by atoms with van der Waals surface area (Å²) in [5.41, 5.74) is 3.07. The van der Waals surface area contributed by atoms with Gasteiger partial charge in [0.25, 0.3) is 0 Å². The number of aromatic nitrogens is 2. The second-order valence-corrected chi connectivity index (χ2v) is 4.55. The van der Waals surface area contributed by atoms with Gasteiger partial charge in [-0.1, -0.05) is 24.3 Å². The second kappa shape index (κ2) is 4.98. The van der Waals surface area contributed by atoms with E-state index in [1.54, 1.807) is 23.7 Å². The zero-order valence-electron chi connectivity index (χ0n) is 9.50. The first-order valence-corrected chi connectivity index (χ1v) is 6.39. The smallest absolute Gasteiger partial charge is 0.187 e. The molecule has 0 aliphatic heterocycles. The lowest BCUT2D eigenvalue weighted by Gasteiger charge is -2.00. The van der Waals surface area contributed by atoms with Crippen LogP contribution >= 0.6 is 11.3 Å². The van der Waals surface area contributed by atoms with Crippen molar-refractivity contribution in [1.82, 2.24) is 9.97 Å². The Hall–Kier alpha value is -2.20. The highest BCUT2D eigenvalue weighted by Gasteiger charge is 2.03. The van der Waals surface area contributed by atoms with Crippen LogP contribution in [-0.4, -0.2) is 9.97 Å². The number of nitrogens with zero attached hydrogens (tertiary/aromatic N) is 2. The van der Waals surface area contributed by atoms with Crippen LogP contribution in [0.4, 0.5) is 10.8 Å². The molecule has 3 nitrogen and oxygen atoms in total. The van der Waals surface area contributed by atoms with Gasteiger partial charge in [0.1, 0.15) is 0 Å². The van der Waals surface area contributed by atoms with Gasteiger partial charge in [0, 0.05) is 29.0 Å². The third-order valence-corrected chi connectivity index (χ3v) is 3.21. The first-order chi connectivity index (χ1) is 8.92. The molecule has 0 fully saturated rings. The number of pyridine rings is 1. The topological polar surface area (TPSA) is 37.8 Å². The second-order valence-electron chi connectivity index (χ2n) is 3.69. The molecule has 0 atom stereocenters. The molecule has 2 aromatic heterocycles. The summed E-state index contributed by atoms with van der Waals surface area (Å²) >= 11 is 1.59. The molecule has 0 saturated carbocycles. The van der Waals surface area contributed by atoms with E-state index in [1.165, 1.54) is 0 Å². The fourth-order valence-electron chi connectivity index (χ4n) is 1.58. The van der Waals surface area contributed by atoms with Gasteiger partial charge in [-0.15, -0.1) is 11.3 Å². The molecule has 0 spiro atoms. The average Bonchev–Trinajstić information content (AvgIpc) is 2.89. The zero-order valence-corrected chi connectivity index (χ0v) is 10.3. The predicted molar refractivity (Wildman–Crippen MR) is 73.9 cm³/mol. The highest BCUT2D eigenvalue weighted by atomic mass is 32.1. The summed E-state index contributed by atoms with van der Waals surface area (Å²) in [7, 11) is 0. The van der Waals surface area contributed by atoms with Crippen molar-refractivity contribution in [1.29, 1.82) is 0 Å². The lowest BCUT2D eigenvalue weighted by Crippen LogP contribution is -1.89. The van der Waals surface area contributed by atoms with E-state index in [-0.39, 0.29) is 0 Å². The van der Waals surface area contributed by atoms with Crippen LogP contribution in [0.2, 0.25) is 0 Å². The van der Waals surface area contributed by atoms with E-state index in [4.69, 9.17) is 0 Å². The molecule has 2 heterocycles. The van der Waals surface area contributed by atoms with Crippen molar-refractivity contribution >= 4 is 22.2 Å². The number of nitrogens with one attached hydrogen (secondary N) is 1. The molecule has 87 valence electrons. The number of hydrogen-bond donors (Lipinski definition) is 1. The van der Waals surface area contributed by atoms with Crippen molar-refractivity contribution in [2.75, 3.05) is 5.32 Å². The van der Waals surface area contributed by atoms with Gasteiger partial charge in [-0.25, -0.2) is 4.98 Å². The van der Waals surface area contributed by atoms with Crippen LogP contribution in [0.1, 0.15) is 0 Å². The van der Waals surface area contributed by atoms with E-state index < -0.39 is 0 Å². The maximum absolute atomic E-state index is 4.55. The van der Waals surface area contributed by atoms with Gasteiger partial charge in [-0.2, -0.15) is 0 Å². The molecular formula is C14H10N3S. The normalized spacial score (nSPS) is 10.2. The Bertz CT molecular complexity index is 620. The maximum Gasteiger partial charge on any atom is 0.187 e. The fourth-order valence-corrected chi connectivity index (χ4v) is 2.32.